The average molecular weight is 147 g/mol. The van der Waals surface area contributed by atoms with Gasteiger partial charge in [0.2, 0.25) is 5.88 Å². The number of nitrogen functional groups attached to an aromatic ring is 1. The lowest BCUT2D eigenvalue weighted by Gasteiger charge is -1.82. The second-order valence-corrected chi connectivity index (χ2v) is 2.04. The third-order valence-electron chi connectivity index (χ3n) is 1.06. The molecule has 0 aromatic carbocycles. The van der Waals surface area contributed by atoms with Crippen LogP contribution in [-0.2, 0) is 6.42 Å². The summed E-state index contributed by atoms with van der Waals surface area (Å²) in [5.74, 6) is 0.202. The molecular weight excluding hydrogens is 140 g/mol. The van der Waals surface area contributed by atoms with Crippen LogP contribution in [0, 0.1) is 0 Å². The Labute approximate surface area is 57.8 Å². The van der Waals surface area contributed by atoms with Crippen LogP contribution in [0.3, 0.4) is 0 Å². The van der Waals surface area contributed by atoms with Crippen LogP contribution in [0.1, 0.15) is 12.6 Å². The Bertz CT molecular complexity index is 209. The molecular formula is C5H7ClN2O. The molecule has 1 aromatic heterocycles. The van der Waals surface area contributed by atoms with Crippen molar-refractivity contribution in [1.29, 1.82) is 0 Å². The van der Waals surface area contributed by atoms with Crippen molar-refractivity contribution >= 4 is 17.5 Å². The van der Waals surface area contributed by atoms with E-state index in [9.17, 15) is 0 Å². The molecule has 0 atom stereocenters. The summed E-state index contributed by atoms with van der Waals surface area (Å²) in [6.45, 7) is 1.93. The molecule has 3 nitrogen and oxygen atoms in total. The Morgan fingerprint density at radius 1 is 1.78 bits per heavy atom. The lowest BCUT2D eigenvalue weighted by molar-refractivity contribution is 0.428. The quantitative estimate of drug-likeness (QED) is 0.653. The molecule has 0 aliphatic heterocycles. The summed E-state index contributed by atoms with van der Waals surface area (Å²) < 4.78 is 4.58. The molecule has 4 heteroatoms. The molecule has 1 aromatic rings. The number of hydrogen-bond acceptors (Lipinski definition) is 3. The van der Waals surface area contributed by atoms with Crippen LogP contribution in [0.25, 0.3) is 0 Å². The monoisotopic (exact) mass is 146 g/mol. The number of anilines is 1. The first-order chi connectivity index (χ1) is 4.25. The maximum absolute atomic E-state index is 5.63. The van der Waals surface area contributed by atoms with Gasteiger partial charge in [-0.05, 0) is 6.42 Å². The Kier molecular flexibility index (Phi) is 1.62. The van der Waals surface area contributed by atoms with Crippen LogP contribution >= 0.6 is 11.6 Å². The van der Waals surface area contributed by atoms with Gasteiger partial charge in [0.1, 0.15) is 10.7 Å². The lowest BCUT2D eigenvalue weighted by atomic mass is 10.3. The molecule has 1 rings (SSSR count). The van der Waals surface area contributed by atoms with Gasteiger partial charge in [0.25, 0.3) is 0 Å². The molecule has 0 amide bonds. The van der Waals surface area contributed by atoms with Crippen molar-refractivity contribution in [2.75, 3.05) is 5.73 Å². The molecule has 0 aliphatic rings. The number of rotatable bonds is 1. The van der Waals surface area contributed by atoms with Crippen molar-refractivity contribution in [2.24, 2.45) is 0 Å². The maximum Gasteiger partial charge on any atom is 0.241 e. The zero-order valence-electron chi connectivity index (χ0n) is 5.02. The standard InChI is InChI=1S/C5H7ClN2O/c1-2-3-4(6)5(7)9-8-3/h2,7H2,1H3. The first-order valence-corrected chi connectivity index (χ1v) is 3.03. The zero-order chi connectivity index (χ0) is 6.85. The van der Waals surface area contributed by atoms with Gasteiger partial charge in [0.15, 0.2) is 0 Å². The minimum atomic E-state index is 0.202. The van der Waals surface area contributed by atoms with E-state index in [2.05, 4.69) is 9.68 Å². The molecule has 0 unspecified atom stereocenters. The van der Waals surface area contributed by atoms with Crippen molar-refractivity contribution < 1.29 is 4.52 Å². The van der Waals surface area contributed by atoms with E-state index in [1.807, 2.05) is 6.92 Å². The molecule has 0 spiro atoms. The van der Waals surface area contributed by atoms with Gasteiger partial charge >= 0.3 is 0 Å². The van der Waals surface area contributed by atoms with Gasteiger partial charge in [0.05, 0.1) is 0 Å². The molecule has 50 valence electrons. The van der Waals surface area contributed by atoms with Gasteiger partial charge in [0, 0.05) is 0 Å². The van der Waals surface area contributed by atoms with E-state index >= 15 is 0 Å². The summed E-state index contributed by atoms with van der Waals surface area (Å²) in [6.07, 6.45) is 0.750. The number of aromatic nitrogens is 1. The summed E-state index contributed by atoms with van der Waals surface area (Å²) in [6, 6.07) is 0. The number of nitrogens with two attached hydrogens (primary N) is 1. The van der Waals surface area contributed by atoms with Gasteiger partial charge in [-0.1, -0.05) is 23.7 Å². The fraction of sp³-hybridized carbons (Fsp3) is 0.400. The molecule has 0 fully saturated rings. The molecule has 0 saturated carbocycles. The van der Waals surface area contributed by atoms with Crippen molar-refractivity contribution in [1.82, 2.24) is 5.16 Å². The van der Waals surface area contributed by atoms with E-state index in [1.165, 1.54) is 0 Å². The highest BCUT2D eigenvalue weighted by Crippen LogP contribution is 2.22. The summed E-state index contributed by atoms with van der Waals surface area (Å²) in [5, 5.41) is 4.04. The van der Waals surface area contributed by atoms with E-state index in [1.54, 1.807) is 0 Å². The minimum Gasteiger partial charge on any atom is -0.366 e. The predicted molar refractivity (Wildman–Crippen MR) is 35.3 cm³/mol. The summed E-state index contributed by atoms with van der Waals surface area (Å²) in [4.78, 5) is 0. The molecule has 2 N–H and O–H groups in total. The van der Waals surface area contributed by atoms with E-state index in [4.69, 9.17) is 17.3 Å². The van der Waals surface area contributed by atoms with Gasteiger partial charge in [-0.25, -0.2) is 0 Å². The van der Waals surface area contributed by atoms with Crippen LogP contribution in [0.5, 0.6) is 0 Å². The highest BCUT2D eigenvalue weighted by molar-refractivity contribution is 6.33. The van der Waals surface area contributed by atoms with Crippen molar-refractivity contribution in [3.8, 4) is 0 Å². The normalized spacial score (nSPS) is 10.0. The largest absolute Gasteiger partial charge is 0.366 e. The van der Waals surface area contributed by atoms with Crippen molar-refractivity contribution in [3.63, 3.8) is 0 Å². The van der Waals surface area contributed by atoms with E-state index in [-0.39, 0.29) is 5.88 Å². The SMILES string of the molecule is CCc1noc(N)c1Cl. The highest BCUT2D eigenvalue weighted by Gasteiger charge is 2.07. The van der Waals surface area contributed by atoms with Crippen molar-refractivity contribution in [3.05, 3.63) is 10.7 Å². The average Bonchev–Trinajstić information content (AvgIpc) is 2.15. The number of nitrogens with zero attached hydrogens (tertiary/aromatic N) is 1. The van der Waals surface area contributed by atoms with Gasteiger partial charge in [-0.3, -0.25) is 0 Å². The Morgan fingerprint density at radius 3 is 2.67 bits per heavy atom. The van der Waals surface area contributed by atoms with Crippen molar-refractivity contribution in [2.45, 2.75) is 13.3 Å². The maximum atomic E-state index is 5.63. The molecule has 9 heavy (non-hydrogen) atoms. The second-order valence-electron chi connectivity index (χ2n) is 1.66. The Balaban J connectivity index is 3.04. The predicted octanol–water partition coefficient (Wildman–Crippen LogP) is 1.47. The lowest BCUT2D eigenvalue weighted by Crippen LogP contribution is -1.81. The van der Waals surface area contributed by atoms with Crippen LogP contribution in [0.4, 0.5) is 5.88 Å². The topological polar surface area (TPSA) is 52.0 Å². The van der Waals surface area contributed by atoms with E-state index < -0.39 is 0 Å². The van der Waals surface area contributed by atoms with Crippen LogP contribution in [-0.4, -0.2) is 5.16 Å². The summed E-state index contributed by atoms with van der Waals surface area (Å²) >= 11 is 5.63. The number of hydrogen-bond donors (Lipinski definition) is 1. The Hall–Kier alpha value is -0.700. The van der Waals surface area contributed by atoms with Crippen LogP contribution in [0.2, 0.25) is 5.02 Å². The number of halogens is 1. The van der Waals surface area contributed by atoms with Gasteiger partial charge < -0.3 is 10.3 Å². The molecule has 0 saturated heterocycles. The second kappa shape index (κ2) is 2.27. The number of aryl methyl sites for hydroxylation is 1. The summed E-state index contributed by atoms with van der Waals surface area (Å²) in [5.41, 5.74) is 5.97. The smallest absolute Gasteiger partial charge is 0.241 e. The van der Waals surface area contributed by atoms with E-state index in [0.29, 0.717) is 10.7 Å². The first-order valence-electron chi connectivity index (χ1n) is 2.65. The fourth-order valence-electron chi connectivity index (χ4n) is 0.546. The van der Waals surface area contributed by atoms with Crippen LogP contribution in [0.15, 0.2) is 4.52 Å². The molecule has 1 heterocycles. The third kappa shape index (κ3) is 1.00. The Morgan fingerprint density at radius 2 is 2.44 bits per heavy atom. The molecule has 0 aliphatic carbocycles. The van der Waals surface area contributed by atoms with Crippen LogP contribution < -0.4 is 5.73 Å². The first kappa shape index (κ1) is 6.42. The molecule has 0 bridgehead atoms. The highest BCUT2D eigenvalue weighted by atomic mass is 35.5. The van der Waals surface area contributed by atoms with Gasteiger partial charge in [-0.15, -0.1) is 0 Å². The zero-order valence-corrected chi connectivity index (χ0v) is 5.77. The third-order valence-corrected chi connectivity index (χ3v) is 1.46. The van der Waals surface area contributed by atoms with E-state index in [0.717, 1.165) is 6.42 Å². The fourth-order valence-corrected chi connectivity index (χ4v) is 0.749. The molecule has 0 radical (unpaired) electrons. The summed E-state index contributed by atoms with van der Waals surface area (Å²) in [7, 11) is 0. The van der Waals surface area contributed by atoms with Gasteiger partial charge in [-0.2, -0.15) is 0 Å². The minimum absolute atomic E-state index is 0.202.